The van der Waals surface area contributed by atoms with Crippen LogP contribution in [0.4, 0.5) is 0 Å². The molecule has 0 heterocycles. The van der Waals surface area contributed by atoms with E-state index < -0.39 is 9.84 Å². The summed E-state index contributed by atoms with van der Waals surface area (Å²) in [5.41, 5.74) is 1.28. The number of phenols is 2. The van der Waals surface area contributed by atoms with Crippen LogP contribution in [0.3, 0.4) is 0 Å². The molecular weight excluding hydrogens is 264 g/mol. The van der Waals surface area contributed by atoms with Crippen molar-refractivity contribution in [3.63, 3.8) is 0 Å². The third-order valence-electron chi connectivity index (χ3n) is 3.05. The normalized spacial score (nSPS) is 11.5. The summed E-state index contributed by atoms with van der Waals surface area (Å²) in [6, 6.07) is 8.41. The molecule has 0 atom stereocenters. The topological polar surface area (TPSA) is 74.6 Å². The van der Waals surface area contributed by atoms with Crippen molar-refractivity contribution in [3.05, 3.63) is 47.5 Å². The van der Waals surface area contributed by atoms with E-state index in [-0.39, 0.29) is 21.3 Å². The minimum atomic E-state index is -3.86. The summed E-state index contributed by atoms with van der Waals surface area (Å²) < 4.78 is 25.0. The minimum Gasteiger partial charge on any atom is -0.508 e. The molecule has 0 fully saturated rings. The highest BCUT2D eigenvalue weighted by Gasteiger charge is 2.24. The van der Waals surface area contributed by atoms with Gasteiger partial charge in [-0.05, 0) is 49.2 Å². The van der Waals surface area contributed by atoms with Crippen LogP contribution >= 0.6 is 0 Å². The molecule has 0 aromatic heterocycles. The highest BCUT2D eigenvalue weighted by molar-refractivity contribution is 7.91. The summed E-state index contributed by atoms with van der Waals surface area (Å²) in [4.78, 5) is -0.158. The summed E-state index contributed by atoms with van der Waals surface area (Å²) in [6.07, 6.45) is 0. The molecule has 4 nitrogen and oxygen atoms in total. The largest absolute Gasteiger partial charge is 0.508 e. The molecular formula is C14H14O4S. The summed E-state index contributed by atoms with van der Waals surface area (Å²) in [5, 5.41) is 19.2. The molecule has 2 rings (SSSR count). The molecule has 0 unspecified atom stereocenters. The lowest BCUT2D eigenvalue weighted by Crippen LogP contribution is -2.05. The third-order valence-corrected chi connectivity index (χ3v) is 4.98. The predicted molar refractivity (Wildman–Crippen MR) is 71.1 cm³/mol. The Balaban J connectivity index is 2.74. The Hall–Kier alpha value is -2.01. The molecule has 0 radical (unpaired) electrons. The van der Waals surface area contributed by atoms with Gasteiger partial charge in [0.05, 0.1) is 4.90 Å². The van der Waals surface area contributed by atoms with Crippen LogP contribution in [0.5, 0.6) is 11.5 Å². The number of aromatic hydroxyl groups is 2. The number of benzene rings is 2. The highest BCUT2D eigenvalue weighted by atomic mass is 32.2. The fraction of sp³-hybridized carbons (Fsp3) is 0.143. The van der Waals surface area contributed by atoms with Crippen LogP contribution < -0.4 is 0 Å². The average Bonchev–Trinajstić information content (AvgIpc) is 2.34. The summed E-state index contributed by atoms with van der Waals surface area (Å²) in [7, 11) is -3.86. The molecule has 0 aliphatic rings. The Morgan fingerprint density at radius 3 is 2.32 bits per heavy atom. The van der Waals surface area contributed by atoms with Crippen LogP contribution in [0, 0.1) is 13.8 Å². The van der Waals surface area contributed by atoms with E-state index in [4.69, 9.17) is 0 Å². The fourth-order valence-electron chi connectivity index (χ4n) is 1.88. The molecule has 0 saturated carbocycles. The van der Waals surface area contributed by atoms with Gasteiger partial charge in [0.2, 0.25) is 9.84 Å². The zero-order valence-electron chi connectivity index (χ0n) is 10.6. The van der Waals surface area contributed by atoms with E-state index in [0.29, 0.717) is 5.56 Å². The molecule has 0 saturated heterocycles. The van der Waals surface area contributed by atoms with E-state index in [1.165, 1.54) is 24.3 Å². The second-order valence-electron chi connectivity index (χ2n) is 4.36. The van der Waals surface area contributed by atoms with Crippen molar-refractivity contribution >= 4 is 9.84 Å². The molecule has 19 heavy (non-hydrogen) atoms. The maximum absolute atomic E-state index is 12.5. The maximum atomic E-state index is 12.5. The van der Waals surface area contributed by atoms with E-state index in [0.717, 1.165) is 11.6 Å². The Morgan fingerprint density at radius 1 is 1.00 bits per heavy atom. The Morgan fingerprint density at radius 2 is 1.68 bits per heavy atom. The average molecular weight is 278 g/mol. The van der Waals surface area contributed by atoms with Crippen LogP contribution in [0.25, 0.3) is 0 Å². The SMILES string of the molecule is Cc1ccc(O)c(S(=O)(=O)c2cccc(O)c2)c1C. The highest BCUT2D eigenvalue weighted by Crippen LogP contribution is 2.33. The summed E-state index contributed by atoms with van der Waals surface area (Å²) in [5.74, 6) is -0.419. The third kappa shape index (κ3) is 2.29. The van der Waals surface area contributed by atoms with Gasteiger partial charge in [-0.2, -0.15) is 0 Å². The van der Waals surface area contributed by atoms with Crippen molar-refractivity contribution in [1.82, 2.24) is 0 Å². The molecule has 0 spiro atoms. The molecule has 0 aliphatic heterocycles. The standard InChI is InChI=1S/C14H14O4S/c1-9-6-7-13(16)14(10(9)2)19(17,18)12-5-3-4-11(15)8-12/h3-8,15-16H,1-2H3. The number of sulfone groups is 1. The van der Waals surface area contributed by atoms with Crippen LogP contribution in [0.1, 0.15) is 11.1 Å². The van der Waals surface area contributed by atoms with Gasteiger partial charge in [-0.3, -0.25) is 0 Å². The summed E-state index contributed by atoms with van der Waals surface area (Å²) >= 11 is 0. The van der Waals surface area contributed by atoms with Crippen molar-refractivity contribution in [3.8, 4) is 11.5 Å². The minimum absolute atomic E-state index is 0.0449. The van der Waals surface area contributed by atoms with E-state index in [2.05, 4.69) is 0 Å². The predicted octanol–water partition coefficient (Wildman–Crippen LogP) is 2.55. The lowest BCUT2D eigenvalue weighted by Gasteiger charge is -2.12. The van der Waals surface area contributed by atoms with E-state index in [1.54, 1.807) is 19.9 Å². The molecule has 5 heteroatoms. The Bertz CT molecular complexity index is 733. The van der Waals surface area contributed by atoms with E-state index in [1.807, 2.05) is 0 Å². The zero-order valence-corrected chi connectivity index (χ0v) is 11.4. The number of rotatable bonds is 2. The van der Waals surface area contributed by atoms with Gasteiger partial charge in [0.15, 0.2) is 0 Å². The molecule has 2 N–H and O–H groups in total. The first-order valence-corrected chi connectivity index (χ1v) is 7.15. The van der Waals surface area contributed by atoms with Crippen LogP contribution in [0.15, 0.2) is 46.2 Å². The molecule has 100 valence electrons. The van der Waals surface area contributed by atoms with Gasteiger partial charge in [-0.25, -0.2) is 8.42 Å². The Labute approximate surface area is 111 Å². The van der Waals surface area contributed by atoms with Crippen molar-refractivity contribution in [2.45, 2.75) is 23.6 Å². The second-order valence-corrected chi connectivity index (χ2v) is 6.24. The first-order chi connectivity index (χ1) is 8.84. The smallest absolute Gasteiger partial charge is 0.210 e. The monoisotopic (exact) mass is 278 g/mol. The number of aryl methyl sites for hydroxylation is 1. The zero-order chi connectivity index (χ0) is 14.2. The number of hydrogen-bond donors (Lipinski definition) is 2. The first-order valence-electron chi connectivity index (χ1n) is 5.67. The van der Waals surface area contributed by atoms with Crippen LogP contribution in [0.2, 0.25) is 0 Å². The number of hydrogen-bond acceptors (Lipinski definition) is 4. The van der Waals surface area contributed by atoms with Crippen molar-refractivity contribution < 1.29 is 18.6 Å². The van der Waals surface area contributed by atoms with Gasteiger partial charge in [0, 0.05) is 0 Å². The maximum Gasteiger partial charge on any atom is 0.210 e. The summed E-state index contributed by atoms with van der Waals surface area (Å²) in [6.45, 7) is 3.42. The number of phenolic OH excluding ortho intramolecular Hbond substituents is 2. The van der Waals surface area contributed by atoms with Gasteiger partial charge < -0.3 is 10.2 Å². The van der Waals surface area contributed by atoms with Crippen molar-refractivity contribution in [2.24, 2.45) is 0 Å². The van der Waals surface area contributed by atoms with Crippen molar-refractivity contribution in [2.75, 3.05) is 0 Å². The van der Waals surface area contributed by atoms with Crippen LogP contribution in [-0.2, 0) is 9.84 Å². The van der Waals surface area contributed by atoms with Gasteiger partial charge in [0.25, 0.3) is 0 Å². The van der Waals surface area contributed by atoms with Crippen LogP contribution in [-0.4, -0.2) is 18.6 Å². The second kappa shape index (κ2) is 4.59. The van der Waals surface area contributed by atoms with Gasteiger partial charge in [0.1, 0.15) is 16.4 Å². The van der Waals surface area contributed by atoms with E-state index in [9.17, 15) is 18.6 Å². The lowest BCUT2D eigenvalue weighted by molar-refractivity contribution is 0.457. The molecule has 2 aromatic carbocycles. The van der Waals surface area contributed by atoms with E-state index >= 15 is 0 Å². The molecule has 0 aliphatic carbocycles. The quantitative estimate of drug-likeness (QED) is 0.885. The Kier molecular flexibility index (Phi) is 3.24. The van der Waals surface area contributed by atoms with Gasteiger partial charge >= 0.3 is 0 Å². The molecule has 0 amide bonds. The first kappa shape index (κ1) is 13.4. The lowest BCUT2D eigenvalue weighted by atomic mass is 10.1. The molecule has 0 bridgehead atoms. The van der Waals surface area contributed by atoms with Crippen molar-refractivity contribution in [1.29, 1.82) is 0 Å². The van der Waals surface area contributed by atoms with Gasteiger partial charge in [-0.1, -0.05) is 12.1 Å². The fourth-order valence-corrected chi connectivity index (χ4v) is 3.56. The van der Waals surface area contributed by atoms with Gasteiger partial charge in [-0.15, -0.1) is 0 Å². The molecule has 2 aromatic rings.